The van der Waals surface area contributed by atoms with Crippen molar-refractivity contribution < 1.29 is 14.3 Å². The molecule has 0 N–H and O–H groups in total. The molecule has 1 aromatic rings. The number of carbonyl (C=O) groups excluding carboxylic acids is 1. The molecule has 3 aliphatic rings. The van der Waals surface area contributed by atoms with Crippen LogP contribution in [0.4, 0.5) is 10.6 Å². The summed E-state index contributed by atoms with van der Waals surface area (Å²) in [4.78, 5) is 19.3. The molecular weight excluding hydrogens is 418 g/mol. The standard InChI is InChI=1S/C25H43N5O3/c1-18-14-22(29-13-10-20(15-25(29,5)6)27(7)21-16-32-17-21)26-30(18)19-8-11-28(12-9-19)23(31)33-24(2,3)4/h14,19-21H,8-13,15-17H2,1-7H3. The van der Waals surface area contributed by atoms with Crippen LogP contribution in [0.25, 0.3) is 0 Å². The topological polar surface area (TPSA) is 63.1 Å². The second-order valence-electron chi connectivity index (χ2n) is 11.8. The minimum absolute atomic E-state index is 0.0491. The Balaban J connectivity index is 1.38. The van der Waals surface area contributed by atoms with E-state index >= 15 is 0 Å². The Morgan fingerprint density at radius 1 is 1.15 bits per heavy atom. The number of carbonyl (C=O) groups is 1. The van der Waals surface area contributed by atoms with Gasteiger partial charge in [-0.3, -0.25) is 9.58 Å². The van der Waals surface area contributed by atoms with E-state index in [1.807, 2.05) is 25.7 Å². The van der Waals surface area contributed by atoms with Crippen LogP contribution in [-0.2, 0) is 9.47 Å². The van der Waals surface area contributed by atoms with Crippen molar-refractivity contribution in [2.24, 2.45) is 0 Å². The SMILES string of the molecule is Cc1cc(N2CCC(N(C)C3COC3)CC2(C)C)nn1C1CCN(C(=O)OC(C)(C)C)CC1. The summed E-state index contributed by atoms with van der Waals surface area (Å²) in [6.07, 6.45) is 3.88. The predicted octanol–water partition coefficient (Wildman–Crippen LogP) is 3.84. The van der Waals surface area contributed by atoms with E-state index in [9.17, 15) is 4.79 Å². The first-order valence-electron chi connectivity index (χ1n) is 12.6. The van der Waals surface area contributed by atoms with E-state index in [4.69, 9.17) is 14.6 Å². The fourth-order valence-corrected chi connectivity index (χ4v) is 5.49. The molecule has 3 fully saturated rings. The van der Waals surface area contributed by atoms with E-state index in [-0.39, 0.29) is 11.6 Å². The minimum atomic E-state index is -0.456. The number of hydrogen-bond donors (Lipinski definition) is 0. The van der Waals surface area contributed by atoms with Gasteiger partial charge < -0.3 is 19.3 Å². The van der Waals surface area contributed by atoms with Gasteiger partial charge >= 0.3 is 6.09 Å². The summed E-state index contributed by atoms with van der Waals surface area (Å²) in [6, 6.07) is 3.73. The molecule has 0 radical (unpaired) electrons. The van der Waals surface area contributed by atoms with Crippen molar-refractivity contribution in [3.05, 3.63) is 11.8 Å². The summed E-state index contributed by atoms with van der Waals surface area (Å²) in [6.45, 7) is 16.8. The Hall–Kier alpha value is -1.80. The fourth-order valence-electron chi connectivity index (χ4n) is 5.49. The van der Waals surface area contributed by atoms with Gasteiger partial charge in [-0.1, -0.05) is 0 Å². The van der Waals surface area contributed by atoms with Gasteiger partial charge in [-0.2, -0.15) is 5.10 Å². The number of ether oxygens (including phenoxy) is 2. The van der Waals surface area contributed by atoms with E-state index in [1.165, 1.54) is 5.69 Å². The predicted molar refractivity (Wildman–Crippen MR) is 130 cm³/mol. The molecule has 4 rings (SSSR count). The largest absolute Gasteiger partial charge is 0.444 e. The van der Waals surface area contributed by atoms with Crippen LogP contribution in [0.15, 0.2) is 6.07 Å². The maximum atomic E-state index is 12.4. The molecule has 3 aliphatic heterocycles. The number of aryl methyl sites for hydroxylation is 1. The molecule has 0 saturated carbocycles. The monoisotopic (exact) mass is 461 g/mol. The molecule has 1 aromatic heterocycles. The number of nitrogens with zero attached hydrogens (tertiary/aromatic N) is 5. The van der Waals surface area contributed by atoms with Gasteiger partial charge in [-0.25, -0.2) is 4.79 Å². The third-order valence-corrected chi connectivity index (χ3v) is 7.57. The second-order valence-corrected chi connectivity index (χ2v) is 11.8. The van der Waals surface area contributed by atoms with Crippen molar-refractivity contribution in [2.75, 3.05) is 44.8 Å². The van der Waals surface area contributed by atoms with Gasteiger partial charge in [0.25, 0.3) is 0 Å². The Morgan fingerprint density at radius 3 is 2.36 bits per heavy atom. The number of rotatable bonds is 4. The first-order valence-corrected chi connectivity index (χ1v) is 12.6. The molecule has 186 valence electrons. The van der Waals surface area contributed by atoms with Crippen molar-refractivity contribution in [3.63, 3.8) is 0 Å². The molecule has 1 unspecified atom stereocenters. The summed E-state index contributed by atoms with van der Waals surface area (Å²) >= 11 is 0. The zero-order valence-corrected chi connectivity index (χ0v) is 21.6. The van der Waals surface area contributed by atoms with Crippen LogP contribution in [0, 0.1) is 6.92 Å². The molecule has 8 heteroatoms. The lowest BCUT2D eigenvalue weighted by atomic mass is 9.85. The van der Waals surface area contributed by atoms with Crippen molar-refractivity contribution in [1.82, 2.24) is 19.6 Å². The van der Waals surface area contributed by atoms with Gasteiger partial charge in [-0.15, -0.1) is 0 Å². The fraction of sp³-hybridized carbons (Fsp3) is 0.840. The van der Waals surface area contributed by atoms with Crippen molar-refractivity contribution in [3.8, 4) is 0 Å². The van der Waals surface area contributed by atoms with Gasteiger partial charge in [0.2, 0.25) is 0 Å². The van der Waals surface area contributed by atoms with Crippen molar-refractivity contribution >= 4 is 11.9 Å². The van der Waals surface area contributed by atoms with E-state index in [0.717, 1.165) is 51.3 Å². The van der Waals surface area contributed by atoms with E-state index in [2.05, 4.69) is 48.4 Å². The quantitative estimate of drug-likeness (QED) is 0.679. The first kappa shape index (κ1) is 24.3. The average molecular weight is 462 g/mol. The van der Waals surface area contributed by atoms with Crippen LogP contribution in [0.2, 0.25) is 0 Å². The number of likely N-dealkylation sites (tertiary alicyclic amines) is 1. The highest BCUT2D eigenvalue weighted by molar-refractivity contribution is 5.68. The van der Waals surface area contributed by atoms with Crippen LogP contribution < -0.4 is 4.90 Å². The minimum Gasteiger partial charge on any atom is -0.444 e. The molecule has 0 aliphatic carbocycles. The van der Waals surface area contributed by atoms with Gasteiger partial charge in [0, 0.05) is 43.0 Å². The van der Waals surface area contributed by atoms with Crippen molar-refractivity contribution in [1.29, 1.82) is 0 Å². The van der Waals surface area contributed by atoms with Crippen molar-refractivity contribution in [2.45, 2.75) is 96.5 Å². The van der Waals surface area contributed by atoms with Crippen LogP contribution in [0.5, 0.6) is 0 Å². The Bertz CT molecular complexity index is 834. The molecule has 8 nitrogen and oxygen atoms in total. The molecule has 1 amide bonds. The third kappa shape index (κ3) is 5.32. The number of piperidine rings is 2. The summed E-state index contributed by atoms with van der Waals surface area (Å²) < 4.78 is 13.2. The van der Waals surface area contributed by atoms with E-state index in [0.29, 0.717) is 31.2 Å². The average Bonchev–Trinajstić information content (AvgIpc) is 3.05. The highest BCUT2D eigenvalue weighted by atomic mass is 16.6. The maximum absolute atomic E-state index is 12.4. The van der Waals surface area contributed by atoms with Crippen LogP contribution in [0.1, 0.15) is 72.0 Å². The lowest BCUT2D eigenvalue weighted by molar-refractivity contribution is -0.0750. The molecule has 4 heterocycles. The van der Waals surface area contributed by atoms with Gasteiger partial charge in [0.1, 0.15) is 5.60 Å². The normalized spacial score (nSPS) is 24.8. The highest BCUT2D eigenvalue weighted by Crippen LogP contribution is 2.36. The smallest absolute Gasteiger partial charge is 0.410 e. The Kier molecular flexibility index (Phi) is 6.71. The molecule has 33 heavy (non-hydrogen) atoms. The van der Waals surface area contributed by atoms with Gasteiger partial charge in [0.05, 0.1) is 25.3 Å². The number of likely N-dealkylation sites (N-methyl/N-ethyl adjacent to an activating group) is 1. The number of anilines is 1. The Labute approximate surface area is 199 Å². The highest BCUT2D eigenvalue weighted by Gasteiger charge is 2.40. The van der Waals surface area contributed by atoms with Gasteiger partial charge in [-0.05, 0) is 74.3 Å². The van der Waals surface area contributed by atoms with Crippen LogP contribution in [0.3, 0.4) is 0 Å². The number of hydrogen-bond acceptors (Lipinski definition) is 6. The molecule has 0 aromatic carbocycles. The second kappa shape index (κ2) is 9.10. The summed E-state index contributed by atoms with van der Waals surface area (Å²) in [5.41, 5.74) is 0.790. The molecule has 1 atom stereocenters. The third-order valence-electron chi connectivity index (χ3n) is 7.57. The van der Waals surface area contributed by atoms with Gasteiger partial charge in [0.15, 0.2) is 5.82 Å². The number of amides is 1. The number of aromatic nitrogens is 2. The zero-order chi connectivity index (χ0) is 24.0. The molecule has 0 bridgehead atoms. The first-order chi connectivity index (χ1) is 15.4. The molecular formula is C25H43N5O3. The molecule has 0 spiro atoms. The maximum Gasteiger partial charge on any atom is 0.410 e. The van der Waals surface area contributed by atoms with Crippen LogP contribution in [-0.4, -0.2) is 88.8 Å². The summed E-state index contributed by atoms with van der Waals surface area (Å²) in [5, 5.41) is 5.09. The summed E-state index contributed by atoms with van der Waals surface area (Å²) in [7, 11) is 2.26. The lowest BCUT2D eigenvalue weighted by Crippen LogP contribution is -2.59. The van der Waals surface area contributed by atoms with Crippen LogP contribution >= 0.6 is 0 Å². The van der Waals surface area contributed by atoms with E-state index < -0.39 is 5.60 Å². The van der Waals surface area contributed by atoms with E-state index in [1.54, 1.807) is 0 Å². The lowest BCUT2D eigenvalue weighted by Gasteiger charge is -2.50. The zero-order valence-electron chi connectivity index (χ0n) is 21.6. The molecule has 3 saturated heterocycles. The Morgan fingerprint density at radius 2 is 1.82 bits per heavy atom. The summed E-state index contributed by atoms with van der Waals surface area (Å²) in [5.74, 6) is 1.08.